The Morgan fingerprint density at radius 2 is 0.681 bits per heavy atom. The van der Waals surface area contributed by atoms with Gasteiger partial charge in [-0.2, -0.15) is 0 Å². The minimum atomic E-state index is -0.122. The molecule has 0 radical (unpaired) electrons. The van der Waals surface area contributed by atoms with Crippen LogP contribution in [0.4, 0.5) is 4.39 Å². The zero-order valence-electron chi connectivity index (χ0n) is 92.9. The minimum absolute atomic E-state index is 0.0865. The summed E-state index contributed by atoms with van der Waals surface area (Å²) in [6.07, 6.45) is 17.9. The second-order valence-corrected chi connectivity index (χ2v) is 48.4. The summed E-state index contributed by atoms with van der Waals surface area (Å²) in [6.45, 7) is 75.1. The van der Waals surface area contributed by atoms with E-state index in [1.165, 1.54) is 78.4 Å². The summed E-state index contributed by atoms with van der Waals surface area (Å²) in [4.78, 5) is 16.4. The molecule has 0 atom stereocenters. The van der Waals surface area contributed by atoms with E-state index >= 15 is 0 Å². The van der Waals surface area contributed by atoms with Crippen LogP contribution in [0.1, 0.15) is 308 Å². The molecule has 0 saturated heterocycles. The Morgan fingerprint density at radius 1 is 0.299 bits per heavy atom. The topological polar surface area (TPSA) is 97.7 Å². The van der Waals surface area contributed by atoms with E-state index in [2.05, 4.69) is 379 Å². The van der Waals surface area contributed by atoms with E-state index in [-0.39, 0.29) is 60.0 Å². The predicted octanol–water partition coefficient (Wildman–Crippen LogP) is 38.0. The van der Waals surface area contributed by atoms with Crippen molar-refractivity contribution in [2.24, 2.45) is 0 Å². The lowest BCUT2D eigenvalue weighted by Crippen LogP contribution is -2.11. The molecule has 0 aliphatic rings. The van der Waals surface area contributed by atoms with Gasteiger partial charge in [0.05, 0.1) is 27.9 Å². The maximum absolute atomic E-state index is 12.9. The Bertz CT molecular complexity index is 5860. The highest BCUT2D eigenvalue weighted by Crippen LogP contribution is 2.38. The highest BCUT2D eigenvalue weighted by molar-refractivity contribution is 9.10. The molecule has 0 aliphatic heterocycles. The van der Waals surface area contributed by atoms with E-state index in [4.69, 9.17) is 64.9 Å². The third-order valence-electron chi connectivity index (χ3n) is 23.0. The molecule has 14 rings (SSSR count). The molecule has 10 aromatic carbocycles. The lowest BCUT2D eigenvalue weighted by molar-refractivity contribution is 0.301. The first-order valence-electron chi connectivity index (χ1n) is 49.4. The summed E-state index contributed by atoms with van der Waals surface area (Å²) in [5.41, 5.74) is 23.1. The highest BCUT2D eigenvalue weighted by Gasteiger charge is 2.23. The van der Waals surface area contributed by atoms with Crippen LogP contribution < -0.4 is 23.7 Å². The van der Waals surface area contributed by atoms with E-state index in [0.717, 1.165) is 55.4 Å². The SMILES string of the molecule is C#Cc1cccc(C(C)(C)C)c1.CC(C)(C)c1ccc(OCc2ccccc2)c(Cl)c1.CC(C)(C)c1ccc(OCc2ccccn2)c(Cl)c1.CC(C)(C)c1ccc(OCc2cccnc2)c(Cl)c1.CC(C)(C)c1ccc(Oc2ccncc2)cc1.CC(C)(C)c1cccc(Br)c1.COc1ccc(C(C)(C)C)cc1C.Cc1cc(C(C)(C)C)ccc1F.Cc1cccc(C(C)(C)C)c1.Cc1cncc(C(C)(C)C)c1. The summed E-state index contributed by atoms with van der Waals surface area (Å²) in [5, 5.41) is 1.96. The second-order valence-electron chi connectivity index (χ2n) is 46.3. The summed E-state index contributed by atoms with van der Waals surface area (Å²) in [6, 6.07) is 88.7. The number of hydrogen-bond donors (Lipinski definition) is 0. The standard InChI is InChI=1S/C17H19ClO.2C16H18ClNO.C15H17NO.C12H18O.C12H14.C11H15F.C11H16.C10H13Br.C10H15N/c1-17(2,3)14-9-10-16(15(18)11-14)19-12-13-7-5-4-6-8-13;1-16(2,3)13-6-7-15(14(17)9-13)19-11-12-5-4-8-18-10-12;1-16(2,3)12-7-8-15(14(17)10-12)19-11-13-6-4-5-9-18-13;1-15(2,3)12-4-6-13(7-5-12)17-14-8-10-16-11-9-14;1-9-8-10(12(2,3)4)6-7-11(9)13-5;1-5-10-7-6-8-11(9-10)12(2,3)4;1-8-7-9(11(2,3)4)5-6-10(8)12;1-9-6-5-7-10(8-9)11(2,3)4;1-10(2,3)8-5-4-6-9(11)7-8;1-8-5-9(7-11-6-8)10(2,3)4/h4-11H,12H2,1-3H3;2*4-10H,11H2,1-3H3;4-11H,1-3H3;6-8H,1-5H3;1,6-9H,2-4H3;5-7H,1-4H3;5-8H,1-4H3;4-7H,1-3H3;5-7H,1-4H3. The van der Waals surface area contributed by atoms with Crippen LogP contribution in [0.2, 0.25) is 15.1 Å². The number of aromatic nitrogens is 4. The maximum atomic E-state index is 12.9. The van der Waals surface area contributed by atoms with Crippen LogP contribution in [-0.2, 0) is 74.0 Å². The Hall–Kier alpha value is -11.4. The fourth-order valence-corrected chi connectivity index (χ4v) is 14.5. The van der Waals surface area contributed by atoms with Gasteiger partial charge in [0.15, 0.2) is 0 Å². The van der Waals surface area contributed by atoms with Crippen LogP contribution in [0.5, 0.6) is 34.5 Å². The molecule has 0 unspecified atom stereocenters. The second kappa shape index (κ2) is 56.4. The first kappa shape index (κ1) is 123. The fourth-order valence-electron chi connectivity index (χ4n) is 13.4. The number of nitrogens with zero attached hydrogens (tertiary/aromatic N) is 4. The lowest BCUT2D eigenvalue weighted by atomic mass is 9.86. The van der Waals surface area contributed by atoms with Crippen LogP contribution >= 0.6 is 50.7 Å². The van der Waals surface area contributed by atoms with Gasteiger partial charge < -0.3 is 23.7 Å². The van der Waals surface area contributed by atoms with Gasteiger partial charge in [-0.05, 0) is 275 Å². The van der Waals surface area contributed by atoms with E-state index in [0.29, 0.717) is 46.4 Å². The van der Waals surface area contributed by atoms with Crippen molar-refractivity contribution in [2.75, 3.05) is 7.11 Å². The summed E-state index contributed by atoms with van der Waals surface area (Å²) >= 11 is 22.2. The van der Waals surface area contributed by atoms with Crippen molar-refractivity contribution in [3.63, 3.8) is 0 Å². The van der Waals surface area contributed by atoms with Crippen LogP contribution in [-0.4, -0.2) is 27.0 Å². The molecule has 4 aromatic heterocycles. The molecule has 0 bridgehead atoms. The molecule has 4 heterocycles. The molecule has 14 aromatic rings. The van der Waals surface area contributed by atoms with E-state index in [1.54, 1.807) is 45.0 Å². The third kappa shape index (κ3) is 45.9. The van der Waals surface area contributed by atoms with Crippen LogP contribution in [0.3, 0.4) is 0 Å². The van der Waals surface area contributed by atoms with Gasteiger partial charge in [-0.1, -0.05) is 422 Å². The van der Waals surface area contributed by atoms with Crippen molar-refractivity contribution >= 4 is 50.7 Å². The number of hydrogen-bond acceptors (Lipinski definition) is 9. The lowest BCUT2D eigenvalue weighted by Gasteiger charge is -2.20. The molecular weight excluding hydrogens is 1900 g/mol. The third-order valence-corrected chi connectivity index (χ3v) is 24.3. The Kier molecular flexibility index (Phi) is 48.2. The largest absolute Gasteiger partial charge is 0.496 e. The number of methoxy groups -OCH3 is 1. The molecule has 0 saturated carbocycles. The van der Waals surface area contributed by atoms with Gasteiger partial charge in [0.1, 0.15) is 60.1 Å². The molecule has 14 heteroatoms. The van der Waals surface area contributed by atoms with Crippen molar-refractivity contribution in [3.05, 3.63) is 436 Å². The van der Waals surface area contributed by atoms with Gasteiger partial charge in [-0.15, -0.1) is 6.42 Å². The average molecular weight is 2070 g/mol. The number of terminal acetylenes is 1. The van der Waals surface area contributed by atoms with Gasteiger partial charge >= 0.3 is 0 Å². The van der Waals surface area contributed by atoms with Crippen molar-refractivity contribution < 1.29 is 28.1 Å². The number of benzene rings is 10. The zero-order chi connectivity index (χ0) is 108. The summed E-state index contributed by atoms with van der Waals surface area (Å²) in [7, 11) is 1.71. The maximum Gasteiger partial charge on any atom is 0.138 e. The number of ether oxygens (including phenoxy) is 5. The first-order valence-corrected chi connectivity index (χ1v) is 51.3. The van der Waals surface area contributed by atoms with Crippen molar-refractivity contribution in [3.8, 4) is 46.8 Å². The van der Waals surface area contributed by atoms with Gasteiger partial charge in [-0.25, -0.2) is 4.39 Å². The fraction of sp³-hybridized carbons (Fsp3) is 0.369. The molecular formula is C130H163BrCl3FN4O5. The predicted molar refractivity (Wildman–Crippen MR) is 618 cm³/mol. The average Bonchev–Trinajstić information content (AvgIpc) is 0.819. The van der Waals surface area contributed by atoms with Crippen LogP contribution in [0, 0.1) is 45.9 Å². The highest BCUT2D eigenvalue weighted by atomic mass is 79.9. The quantitative estimate of drug-likeness (QED) is 0.111. The number of rotatable bonds is 12. The Balaban J connectivity index is 0.000000284. The van der Waals surface area contributed by atoms with Crippen LogP contribution in [0.15, 0.2) is 315 Å². The van der Waals surface area contributed by atoms with Crippen molar-refractivity contribution in [1.82, 2.24) is 19.9 Å². The number of aryl methyl sites for hydroxylation is 4. The monoisotopic (exact) mass is 2060 g/mol. The molecule has 0 fully saturated rings. The van der Waals surface area contributed by atoms with Gasteiger partial charge in [0, 0.05) is 59.0 Å². The van der Waals surface area contributed by atoms with E-state index in [1.807, 2.05) is 164 Å². The Morgan fingerprint density at radius 3 is 1.06 bits per heavy atom. The van der Waals surface area contributed by atoms with Crippen molar-refractivity contribution in [2.45, 2.75) is 309 Å². The smallest absolute Gasteiger partial charge is 0.138 e. The number of halogens is 5. The van der Waals surface area contributed by atoms with Crippen LogP contribution in [0.25, 0.3) is 0 Å². The normalized spacial score (nSPS) is 11.4. The first-order chi connectivity index (χ1) is 66.8. The minimum Gasteiger partial charge on any atom is -0.496 e. The molecule has 144 heavy (non-hydrogen) atoms. The summed E-state index contributed by atoms with van der Waals surface area (Å²) in [5.74, 6) is 7.28. The summed E-state index contributed by atoms with van der Waals surface area (Å²) < 4.78 is 42.1. The van der Waals surface area contributed by atoms with E-state index < -0.39 is 0 Å². The molecule has 0 aliphatic carbocycles. The van der Waals surface area contributed by atoms with Gasteiger partial charge in [-0.3, -0.25) is 19.9 Å². The molecule has 9 nitrogen and oxygen atoms in total. The van der Waals surface area contributed by atoms with Gasteiger partial charge in [0.25, 0.3) is 0 Å². The number of pyridine rings is 4. The van der Waals surface area contributed by atoms with E-state index in [9.17, 15) is 4.39 Å². The van der Waals surface area contributed by atoms with Crippen molar-refractivity contribution in [1.29, 1.82) is 0 Å². The van der Waals surface area contributed by atoms with Gasteiger partial charge in [0.2, 0.25) is 0 Å². The molecule has 768 valence electrons. The molecule has 0 amide bonds. The zero-order valence-corrected chi connectivity index (χ0v) is 96.7. The molecule has 0 spiro atoms. The molecule has 0 N–H and O–H groups in total. The Labute approximate surface area is 891 Å².